The van der Waals surface area contributed by atoms with Gasteiger partial charge >= 0.3 is 5.97 Å². The van der Waals surface area contributed by atoms with E-state index in [0.717, 1.165) is 5.56 Å². The number of para-hydroxylation sites is 1. The van der Waals surface area contributed by atoms with Gasteiger partial charge in [0.25, 0.3) is 5.89 Å². The highest BCUT2D eigenvalue weighted by Gasteiger charge is 2.25. The van der Waals surface area contributed by atoms with Gasteiger partial charge in [-0.2, -0.15) is 0 Å². The van der Waals surface area contributed by atoms with Crippen molar-refractivity contribution in [2.75, 3.05) is 0 Å². The van der Waals surface area contributed by atoms with E-state index in [0.29, 0.717) is 16.8 Å². The zero-order valence-electron chi connectivity index (χ0n) is 14.6. The molecule has 4 rings (SSSR count). The van der Waals surface area contributed by atoms with Crippen molar-refractivity contribution in [3.05, 3.63) is 71.6 Å². The van der Waals surface area contributed by atoms with Crippen molar-refractivity contribution in [1.29, 1.82) is 0 Å². The van der Waals surface area contributed by atoms with Crippen LogP contribution in [0.1, 0.15) is 35.0 Å². The first-order valence-corrected chi connectivity index (χ1v) is 8.32. The molecule has 27 heavy (non-hydrogen) atoms. The molecule has 0 saturated carbocycles. The maximum atomic E-state index is 13.9. The maximum absolute atomic E-state index is 13.9. The lowest BCUT2D eigenvalue weighted by molar-refractivity contribution is 0.0245. The molecule has 0 unspecified atom stereocenters. The molecule has 7 heteroatoms. The van der Waals surface area contributed by atoms with Crippen LogP contribution in [0.2, 0.25) is 0 Å². The zero-order chi connectivity index (χ0) is 19.0. The van der Waals surface area contributed by atoms with Crippen LogP contribution in [0.25, 0.3) is 22.4 Å². The molecule has 0 amide bonds. The minimum atomic E-state index is -0.792. The number of aromatic nitrogens is 2. The molecule has 2 heterocycles. The quantitative estimate of drug-likeness (QED) is 0.481. The molecule has 0 aliphatic rings. The minimum Gasteiger partial charge on any atom is -0.447 e. The average molecular weight is 366 g/mol. The van der Waals surface area contributed by atoms with Crippen molar-refractivity contribution in [2.45, 2.75) is 20.0 Å². The standard InChI is InChI=1S/C20H15FN2O4/c1-11-14-9-6-10-15(21)17(14)26-16(11)20(24)25-12(2)18-22-23-19(27-18)13-7-4-3-5-8-13/h3-10,12H,1-2H3/t12-/m0/s1. The smallest absolute Gasteiger partial charge is 0.375 e. The van der Waals surface area contributed by atoms with Crippen LogP contribution >= 0.6 is 0 Å². The first-order chi connectivity index (χ1) is 13.0. The monoisotopic (exact) mass is 366 g/mol. The molecule has 1 atom stereocenters. The van der Waals surface area contributed by atoms with Gasteiger partial charge in [0.15, 0.2) is 17.5 Å². The number of aryl methyl sites for hydroxylation is 1. The second kappa shape index (κ2) is 6.68. The number of carbonyl (C=O) groups excluding carboxylic acids is 1. The summed E-state index contributed by atoms with van der Waals surface area (Å²) in [6, 6.07) is 13.8. The van der Waals surface area contributed by atoms with E-state index < -0.39 is 17.9 Å². The van der Waals surface area contributed by atoms with Crippen LogP contribution in [0.15, 0.2) is 57.4 Å². The summed E-state index contributed by atoms with van der Waals surface area (Å²) in [6.07, 6.45) is -0.792. The van der Waals surface area contributed by atoms with E-state index in [1.807, 2.05) is 30.3 Å². The van der Waals surface area contributed by atoms with Crippen LogP contribution in [-0.4, -0.2) is 16.2 Å². The van der Waals surface area contributed by atoms with Gasteiger partial charge in [0, 0.05) is 16.5 Å². The van der Waals surface area contributed by atoms with Crippen LogP contribution in [0, 0.1) is 12.7 Å². The number of halogens is 1. The summed E-state index contributed by atoms with van der Waals surface area (Å²) >= 11 is 0. The number of hydrogen-bond acceptors (Lipinski definition) is 6. The molecule has 0 saturated heterocycles. The lowest BCUT2D eigenvalue weighted by Gasteiger charge is -2.08. The van der Waals surface area contributed by atoms with Crippen LogP contribution in [0.3, 0.4) is 0 Å². The molecular formula is C20H15FN2O4. The molecule has 0 fully saturated rings. The summed E-state index contributed by atoms with van der Waals surface area (Å²) in [6.45, 7) is 3.28. The van der Waals surface area contributed by atoms with E-state index in [1.165, 1.54) is 6.07 Å². The van der Waals surface area contributed by atoms with Crippen molar-refractivity contribution < 1.29 is 22.8 Å². The zero-order valence-corrected chi connectivity index (χ0v) is 14.6. The number of furan rings is 1. The first kappa shape index (κ1) is 17.0. The molecule has 0 spiro atoms. The Hall–Kier alpha value is -3.48. The van der Waals surface area contributed by atoms with Crippen LogP contribution in [-0.2, 0) is 4.74 Å². The predicted octanol–water partition coefficient (Wildman–Crippen LogP) is 4.85. The molecule has 0 radical (unpaired) electrons. The van der Waals surface area contributed by atoms with E-state index in [9.17, 15) is 9.18 Å². The van der Waals surface area contributed by atoms with Gasteiger partial charge in [-0.3, -0.25) is 0 Å². The summed E-state index contributed by atoms with van der Waals surface area (Å²) in [5.74, 6) is -0.829. The summed E-state index contributed by atoms with van der Waals surface area (Å²) in [5.41, 5.74) is 1.30. The van der Waals surface area contributed by atoms with Gasteiger partial charge in [0.2, 0.25) is 11.7 Å². The maximum Gasteiger partial charge on any atom is 0.375 e. The lowest BCUT2D eigenvalue weighted by atomic mass is 10.1. The topological polar surface area (TPSA) is 78.4 Å². The van der Waals surface area contributed by atoms with Gasteiger partial charge in [-0.05, 0) is 32.0 Å². The summed E-state index contributed by atoms with van der Waals surface area (Å²) < 4.78 is 30.2. The number of hydrogen-bond donors (Lipinski definition) is 0. The first-order valence-electron chi connectivity index (χ1n) is 8.32. The third-order valence-electron chi connectivity index (χ3n) is 4.19. The minimum absolute atomic E-state index is 0.0266. The number of nitrogens with zero attached hydrogens (tertiary/aromatic N) is 2. The third kappa shape index (κ3) is 3.08. The van der Waals surface area contributed by atoms with E-state index >= 15 is 0 Å². The van der Waals surface area contributed by atoms with Crippen molar-refractivity contribution >= 4 is 16.9 Å². The Kier molecular flexibility index (Phi) is 4.19. The summed E-state index contributed by atoms with van der Waals surface area (Å²) in [5, 5.41) is 8.43. The van der Waals surface area contributed by atoms with Crippen molar-refractivity contribution in [1.82, 2.24) is 10.2 Å². The highest BCUT2D eigenvalue weighted by atomic mass is 19.1. The van der Waals surface area contributed by atoms with Gasteiger partial charge in [-0.25, -0.2) is 9.18 Å². The highest BCUT2D eigenvalue weighted by Crippen LogP contribution is 2.29. The molecule has 0 bridgehead atoms. The van der Waals surface area contributed by atoms with Crippen LogP contribution in [0.4, 0.5) is 4.39 Å². The van der Waals surface area contributed by atoms with E-state index in [2.05, 4.69) is 10.2 Å². The Morgan fingerprint density at radius 2 is 1.85 bits per heavy atom. The SMILES string of the molecule is Cc1c(C(=O)O[C@@H](C)c2nnc(-c3ccccc3)o2)oc2c(F)cccc12. The van der Waals surface area contributed by atoms with E-state index in [4.69, 9.17) is 13.6 Å². The van der Waals surface area contributed by atoms with Crippen molar-refractivity contribution in [3.8, 4) is 11.5 Å². The average Bonchev–Trinajstić information content (AvgIpc) is 3.29. The van der Waals surface area contributed by atoms with Crippen LogP contribution < -0.4 is 0 Å². The molecule has 6 nitrogen and oxygen atoms in total. The number of esters is 1. The van der Waals surface area contributed by atoms with E-state index in [-0.39, 0.29) is 17.2 Å². The Bertz CT molecular complexity index is 1120. The summed E-state index contributed by atoms with van der Waals surface area (Å²) in [7, 11) is 0. The Morgan fingerprint density at radius 1 is 1.07 bits per heavy atom. The van der Waals surface area contributed by atoms with Gasteiger partial charge in [-0.1, -0.05) is 30.3 Å². The summed E-state index contributed by atoms with van der Waals surface area (Å²) in [4.78, 5) is 12.5. The molecular weight excluding hydrogens is 351 g/mol. The Morgan fingerprint density at radius 3 is 2.59 bits per heavy atom. The van der Waals surface area contributed by atoms with Gasteiger partial charge in [0.05, 0.1) is 0 Å². The number of rotatable bonds is 4. The number of ether oxygens (including phenoxy) is 1. The van der Waals surface area contributed by atoms with Crippen LogP contribution in [0.5, 0.6) is 0 Å². The molecule has 2 aromatic carbocycles. The second-order valence-electron chi connectivity index (χ2n) is 6.03. The van der Waals surface area contributed by atoms with Crippen molar-refractivity contribution in [2.24, 2.45) is 0 Å². The Labute approximate surface area is 153 Å². The largest absolute Gasteiger partial charge is 0.447 e. The highest BCUT2D eigenvalue weighted by molar-refractivity contribution is 5.96. The van der Waals surface area contributed by atoms with E-state index in [1.54, 1.807) is 26.0 Å². The van der Waals surface area contributed by atoms with Gasteiger partial charge < -0.3 is 13.6 Å². The lowest BCUT2D eigenvalue weighted by Crippen LogP contribution is -2.09. The fourth-order valence-electron chi connectivity index (χ4n) is 2.76. The number of benzene rings is 2. The molecule has 0 aliphatic carbocycles. The predicted molar refractivity (Wildman–Crippen MR) is 94.5 cm³/mol. The number of carbonyl (C=O) groups is 1. The molecule has 0 N–H and O–H groups in total. The normalized spacial score (nSPS) is 12.3. The third-order valence-corrected chi connectivity index (χ3v) is 4.19. The molecule has 136 valence electrons. The Balaban J connectivity index is 1.56. The fourth-order valence-corrected chi connectivity index (χ4v) is 2.76. The van der Waals surface area contributed by atoms with Crippen molar-refractivity contribution in [3.63, 3.8) is 0 Å². The number of fused-ring (bicyclic) bond motifs is 1. The molecule has 0 aliphatic heterocycles. The van der Waals surface area contributed by atoms with Gasteiger partial charge in [0.1, 0.15) is 0 Å². The second-order valence-corrected chi connectivity index (χ2v) is 6.03. The molecule has 4 aromatic rings. The fraction of sp³-hybridized carbons (Fsp3) is 0.150. The van der Waals surface area contributed by atoms with Gasteiger partial charge in [-0.15, -0.1) is 10.2 Å². The molecule has 2 aromatic heterocycles.